The Morgan fingerprint density at radius 3 is 2.32 bits per heavy atom. The van der Waals surface area contributed by atoms with Gasteiger partial charge in [-0.1, -0.05) is 0 Å². The van der Waals surface area contributed by atoms with Gasteiger partial charge < -0.3 is 20.6 Å². The summed E-state index contributed by atoms with van der Waals surface area (Å²) < 4.78 is 0. The highest BCUT2D eigenvalue weighted by Crippen LogP contribution is 2.32. The SMILES string of the molecule is Cc1sc(NC(=O)NC(CO)CO)c(C(=O)O)c1C. The number of carbonyl (C=O) groups excluding carboxylic acids is 1. The van der Waals surface area contributed by atoms with E-state index in [0.29, 0.717) is 5.56 Å². The van der Waals surface area contributed by atoms with E-state index in [1.165, 1.54) is 0 Å². The fourth-order valence-corrected chi connectivity index (χ4v) is 2.49. The first-order valence-corrected chi connectivity index (χ1v) is 6.34. The number of aromatic carboxylic acids is 1. The van der Waals surface area contributed by atoms with Gasteiger partial charge in [-0.25, -0.2) is 9.59 Å². The summed E-state index contributed by atoms with van der Waals surface area (Å²) in [5.74, 6) is -1.11. The maximum absolute atomic E-state index is 11.6. The average Bonchev–Trinajstić information content (AvgIpc) is 2.61. The summed E-state index contributed by atoms with van der Waals surface area (Å²) in [6, 6.07) is -1.45. The molecule has 0 unspecified atom stereocenters. The van der Waals surface area contributed by atoms with E-state index in [1.54, 1.807) is 13.8 Å². The van der Waals surface area contributed by atoms with Crippen molar-refractivity contribution < 1.29 is 24.9 Å². The number of hydrogen-bond acceptors (Lipinski definition) is 5. The number of urea groups is 1. The number of rotatable bonds is 5. The van der Waals surface area contributed by atoms with Crippen LogP contribution in [0.2, 0.25) is 0 Å². The van der Waals surface area contributed by atoms with Gasteiger partial charge >= 0.3 is 12.0 Å². The van der Waals surface area contributed by atoms with Crippen LogP contribution in [0.4, 0.5) is 9.80 Å². The van der Waals surface area contributed by atoms with Crippen LogP contribution in [-0.2, 0) is 0 Å². The number of amides is 2. The molecule has 19 heavy (non-hydrogen) atoms. The van der Waals surface area contributed by atoms with Crippen molar-refractivity contribution in [2.45, 2.75) is 19.9 Å². The molecule has 2 amide bonds. The molecule has 0 aliphatic rings. The Hall–Kier alpha value is -1.64. The molecular weight excluding hydrogens is 272 g/mol. The number of thiophene rings is 1. The van der Waals surface area contributed by atoms with Crippen molar-refractivity contribution in [2.75, 3.05) is 18.5 Å². The van der Waals surface area contributed by atoms with Gasteiger partial charge in [0.1, 0.15) is 5.00 Å². The quantitative estimate of drug-likeness (QED) is 0.542. The molecule has 1 heterocycles. The Morgan fingerprint density at radius 2 is 1.84 bits per heavy atom. The van der Waals surface area contributed by atoms with Crippen LogP contribution in [0.15, 0.2) is 0 Å². The van der Waals surface area contributed by atoms with Crippen LogP contribution in [0.3, 0.4) is 0 Å². The largest absolute Gasteiger partial charge is 0.478 e. The molecule has 5 N–H and O–H groups in total. The van der Waals surface area contributed by atoms with Crippen LogP contribution < -0.4 is 10.6 Å². The second-order valence-corrected chi connectivity index (χ2v) is 5.18. The average molecular weight is 288 g/mol. The Balaban J connectivity index is 2.85. The highest BCUT2D eigenvalue weighted by Gasteiger charge is 2.21. The topological polar surface area (TPSA) is 119 Å². The molecule has 106 valence electrons. The molecule has 8 heteroatoms. The van der Waals surface area contributed by atoms with Gasteiger partial charge in [-0.15, -0.1) is 11.3 Å². The van der Waals surface area contributed by atoms with Crippen LogP contribution in [0.5, 0.6) is 0 Å². The molecule has 0 bridgehead atoms. The molecule has 0 aliphatic carbocycles. The normalized spacial score (nSPS) is 10.6. The number of anilines is 1. The molecule has 0 saturated carbocycles. The zero-order valence-corrected chi connectivity index (χ0v) is 11.4. The maximum Gasteiger partial charge on any atom is 0.338 e. The van der Waals surface area contributed by atoms with Gasteiger partial charge in [-0.3, -0.25) is 5.32 Å². The summed E-state index contributed by atoms with van der Waals surface area (Å²) in [5.41, 5.74) is 0.663. The smallest absolute Gasteiger partial charge is 0.338 e. The van der Waals surface area contributed by atoms with E-state index in [9.17, 15) is 9.59 Å². The van der Waals surface area contributed by atoms with Gasteiger partial charge in [0, 0.05) is 4.88 Å². The monoisotopic (exact) mass is 288 g/mol. The number of aliphatic hydroxyl groups excluding tert-OH is 2. The van der Waals surface area contributed by atoms with Crippen molar-refractivity contribution in [3.05, 3.63) is 16.0 Å². The van der Waals surface area contributed by atoms with Gasteiger partial charge in [0.15, 0.2) is 0 Å². The molecule has 1 aromatic heterocycles. The number of aryl methyl sites for hydroxylation is 1. The van der Waals surface area contributed by atoms with E-state index in [1.807, 2.05) is 0 Å². The van der Waals surface area contributed by atoms with Crippen LogP contribution in [0, 0.1) is 13.8 Å². The van der Waals surface area contributed by atoms with Gasteiger partial charge in [-0.05, 0) is 19.4 Å². The fraction of sp³-hybridized carbons (Fsp3) is 0.455. The van der Waals surface area contributed by atoms with Gasteiger partial charge in [0.05, 0.1) is 24.8 Å². The Labute approximate surface area is 113 Å². The van der Waals surface area contributed by atoms with Gasteiger partial charge in [-0.2, -0.15) is 0 Å². The molecule has 0 atom stereocenters. The van der Waals surface area contributed by atoms with Crippen molar-refractivity contribution in [1.82, 2.24) is 5.32 Å². The molecule has 0 aromatic carbocycles. The molecule has 0 radical (unpaired) electrons. The summed E-state index contributed by atoms with van der Waals surface area (Å²) in [6.07, 6.45) is 0. The molecule has 0 saturated heterocycles. The molecule has 1 rings (SSSR count). The van der Waals surface area contributed by atoms with E-state index in [0.717, 1.165) is 16.2 Å². The highest BCUT2D eigenvalue weighted by atomic mass is 32.1. The van der Waals surface area contributed by atoms with Crippen LogP contribution >= 0.6 is 11.3 Å². The number of carboxylic acid groups (broad SMARTS) is 1. The Morgan fingerprint density at radius 1 is 1.26 bits per heavy atom. The van der Waals surface area contributed by atoms with E-state index in [4.69, 9.17) is 15.3 Å². The summed E-state index contributed by atoms with van der Waals surface area (Å²) in [6.45, 7) is 2.62. The third kappa shape index (κ3) is 3.66. The lowest BCUT2D eigenvalue weighted by Gasteiger charge is -2.13. The maximum atomic E-state index is 11.6. The van der Waals surface area contributed by atoms with Crippen LogP contribution in [0.1, 0.15) is 20.8 Å². The number of aliphatic hydroxyl groups is 2. The van der Waals surface area contributed by atoms with E-state index in [2.05, 4.69) is 10.6 Å². The lowest BCUT2D eigenvalue weighted by molar-refractivity contribution is 0.0697. The van der Waals surface area contributed by atoms with Crippen molar-refractivity contribution >= 4 is 28.3 Å². The number of carboxylic acids is 1. The third-order valence-electron chi connectivity index (χ3n) is 2.60. The van der Waals surface area contributed by atoms with Gasteiger partial charge in [0.25, 0.3) is 0 Å². The summed E-state index contributed by atoms with van der Waals surface area (Å²) in [4.78, 5) is 23.5. The first kappa shape index (κ1) is 15.4. The number of carbonyl (C=O) groups is 2. The fourth-order valence-electron chi connectivity index (χ4n) is 1.45. The molecule has 1 aromatic rings. The minimum absolute atomic E-state index is 0.0576. The third-order valence-corrected chi connectivity index (χ3v) is 3.72. The molecule has 0 aliphatic heterocycles. The zero-order valence-electron chi connectivity index (χ0n) is 10.6. The minimum atomic E-state index is -1.11. The lowest BCUT2D eigenvalue weighted by Crippen LogP contribution is -2.42. The molecule has 7 nitrogen and oxygen atoms in total. The zero-order chi connectivity index (χ0) is 14.6. The van der Waals surface area contributed by atoms with E-state index >= 15 is 0 Å². The van der Waals surface area contributed by atoms with Crippen LogP contribution in [-0.4, -0.2) is 46.6 Å². The minimum Gasteiger partial charge on any atom is -0.478 e. The van der Waals surface area contributed by atoms with Crippen molar-refractivity contribution in [3.8, 4) is 0 Å². The second-order valence-electron chi connectivity index (χ2n) is 3.95. The first-order chi connectivity index (χ1) is 8.90. The lowest BCUT2D eigenvalue weighted by atomic mass is 10.1. The summed E-state index contributed by atoms with van der Waals surface area (Å²) in [7, 11) is 0. The van der Waals surface area contributed by atoms with Crippen LogP contribution in [0.25, 0.3) is 0 Å². The van der Waals surface area contributed by atoms with E-state index in [-0.39, 0.29) is 10.6 Å². The summed E-state index contributed by atoms with van der Waals surface area (Å²) >= 11 is 1.16. The Bertz CT molecular complexity index is 482. The van der Waals surface area contributed by atoms with E-state index < -0.39 is 31.3 Å². The first-order valence-electron chi connectivity index (χ1n) is 5.53. The molecular formula is C11H16N2O5S. The standard InChI is InChI=1S/C11H16N2O5S/c1-5-6(2)19-9(8(5)10(16)17)13-11(18)12-7(3-14)4-15/h7,14-15H,3-4H2,1-2H3,(H,16,17)(H2,12,13,18). The van der Waals surface area contributed by atoms with Crippen molar-refractivity contribution in [3.63, 3.8) is 0 Å². The summed E-state index contributed by atoms with van der Waals surface area (Å²) in [5, 5.41) is 31.8. The molecule has 0 fully saturated rings. The Kier molecular flexibility index (Phi) is 5.28. The predicted octanol–water partition coefficient (Wildman–Crippen LogP) is 0.538. The predicted molar refractivity (Wildman–Crippen MR) is 70.9 cm³/mol. The number of hydrogen-bond donors (Lipinski definition) is 5. The van der Waals surface area contributed by atoms with Crippen molar-refractivity contribution in [1.29, 1.82) is 0 Å². The van der Waals surface area contributed by atoms with Gasteiger partial charge in [0.2, 0.25) is 0 Å². The van der Waals surface area contributed by atoms with Crippen molar-refractivity contribution in [2.24, 2.45) is 0 Å². The number of nitrogens with one attached hydrogen (secondary N) is 2. The second kappa shape index (κ2) is 6.50. The molecule has 0 spiro atoms. The highest BCUT2D eigenvalue weighted by molar-refractivity contribution is 7.16.